The highest BCUT2D eigenvalue weighted by Crippen LogP contribution is 2.08. The van der Waals surface area contributed by atoms with Crippen molar-refractivity contribution in [2.45, 2.75) is 32.7 Å². The zero-order valence-electron chi connectivity index (χ0n) is 11.0. The molecule has 100 valence electrons. The van der Waals surface area contributed by atoms with Crippen LogP contribution in [-0.4, -0.2) is 66.3 Å². The smallest absolute Gasteiger partial charge is 0.317 e. The fraction of sp³-hybridized carbons (Fsp3) is 0.917. The Morgan fingerprint density at radius 3 is 2.59 bits per heavy atom. The summed E-state index contributed by atoms with van der Waals surface area (Å²) in [6.07, 6.45) is 2.17. The number of aliphatic hydroxyl groups excluding tert-OH is 1. The van der Waals surface area contributed by atoms with Crippen LogP contribution >= 0.6 is 0 Å². The molecule has 1 rings (SSSR count). The van der Waals surface area contributed by atoms with Gasteiger partial charge in [0.15, 0.2) is 0 Å². The SMILES string of the molecule is CCC(CC)N(CCO)CCN1CCNC1=O. The molecule has 0 saturated carbocycles. The number of aliphatic hydroxyl groups is 1. The summed E-state index contributed by atoms with van der Waals surface area (Å²) in [6, 6.07) is 0.548. The largest absolute Gasteiger partial charge is 0.395 e. The number of nitrogens with zero attached hydrogens (tertiary/aromatic N) is 2. The van der Waals surface area contributed by atoms with E-state index in [1.54, 1.807) is 0 Å². The summed E-state index contributed by atoms with van der Waals surface area (Å²) in [6.45, 7) is 8.37. The second-order valence-electron chi connectivity index (χ2n) is 4.45. The number of rotatable bonds is 8. The zero-order chi connectivity index (χ0) is 12.7. The van der Waals surface area contributed by atoms with Crippen LogP contribution in [0.4, 0.5) is 4.79 Å². The average Bonchev–Trinajstić information content (AvgIpc) is 2.73. The first-order chi connectivity index (χ1) is 8.22. The molecule has 1 saturated heterocycles. The van der Waals surface area contributed by atoms with Gasteiger partial charge in [0.25, 0.3) is 0 Å². The van der Waals surface area contributed by atoms with E-state index in [9.17, 15) is 4.79 Å². The number of amides is 2. The van der Waals surface area contributed by atoms with Crippen molar-refractivity contribution in [3.63, 3.8) is 0 Å². The molecule has 2 N–H and O–H groups in total. The molecule has 0 aromatic carbocycles. The Kier molecular flexibility index (Phi) is 6.29. The van der Waals surface area contributed by atoms with E-state index in [1.165, 1.54) is 0 Å². The summed E-state index contributed by atoms with van der Waals surface area (Å²) in [4.78, 5) is 15.5. The van der Waals surface area contributed by atoms with Gasteiger partial charge >= 0.3 is 6.03 Å². The Morgan fingerprint density at radius 2 is 2.12 bits per heavy atom. The van der Waals surface area contributed by atoms with Crippen LogP contribution in [-0.2, 0) is 0 Å². The van der Waals surface area contributed by atoms with E-state index < -0.39 is 0 Å². The maximum absolute atomic E-state index is 11.4. The maximum atomic E-state index is 11.4. The summed E-state index contributed by atoms with van der Waals surface area (Å²) >= 11 is 0. The highest BCUT2D eigenvalue weighted by Gasteiger charge is 2.21. The molecule has 2 amide bonds. The van der Waals surface area contributed by atoms with Gasteiger partial charge in [0.1, 0.15) is 0 Å². The molecule has 1 aliphatic heterocycles. The topological polar surface area (TPSA) is 55.8 Å². The lowest BCUT2D eigenvalue weighted by Gasteiger charge is -2.31. The molecular formula is C12H25N3O2. The molecule has 17 heavy (non-hydrogen) atoms. The number of nitrogens with one attached hydrogen (secondary N) is 1. The fourth-order valence-corrected chi connectivity index (χ4v) is 2.38. The molecular weight excluding hydrogens is 218 g/mol. The molecule has 1 heterocycles. The predicted octanol–water partition coefficient (Wildman–Crippen LogP) is 0.495. The highest BCUT2D eigenvalue weighted by molar-refractivity contribution is 5.76. The van der Waals surface area contributed by atoms with E-state index in [-0.39, 0.29) is 12.6 Å². The van der Waals surface area contributed by atoms with Gasteiger partial charge in [-0.05, 0) is 12.8 Å². The van der Waals surface area contributed by atoms with Crippen LogP contribution in [0, 0.1) is 0 Å². The van der Waals surface area contributed by atoms with Crippen molar-refractivity contribution < 1.29 is 9.90 Å². The molecule has 0 spiro atoms. The standard InChI is InChI=1S/C12H25N3O2/c1-3-11(4-2)14(9-10-16)7-8-15-6-5-13-12(15)17/h11,16H,3-10H2,1-2H3,(H,13,17). The van der Waals surface area contributed by atoms with Crippen molar-refractivity contribution in [3.05, 3.63) is 0 Å². The molecule has 0 aromatic heterocycles. The Labute approximate surface area is 104 Å². The highest BCUT2D eigenvalue weighted by atomic mass is 16.3. The molecule has 0 aromatic rings. The minimum atomic E-state index is 0.0403. The van der Waals surface area contributed by atoms with Gasteiger partial charge in [-0.2, -0.15) is 0 Å². The summed E-state index contributed by atoms with van der Waals surface area (Å²) in [5, 5.41) is 11.9. The number of hydrogen-bond acceptors (Lipinski definition) is 3. The zero-order valence-corrected chi connectivity index (χ0v) is 11.0. The number of carbonyl (C=O) groups excluding carboxylic acids is 1. The summed E-state index contributed by atoms with van der Waals surface area (Å²) in [5.41, 5.74) is 0. The monoisotopic (exact) mass is 243 g/mol. The van der Waals surface area contributed by atoms with Gasteiger partial charge in [0.05, 0.1) is 6.61 Å². The third kappa shape index (κ3) is 4.16. The van der Waals surface area contributed by atoms with E-state index in [2.05, 4.69) is 24.1 Å². The molecule has 0 bridgehead atoms. The first kappa shape index (κ1) is 14.3. The average molecular weight is 243 g/mol. The summed E-state index contributed by atoms with van der Waals surface area (Å²) in [5.74, 6) is 0. The predicted molar refractivity (Wildman–Crippen MR) is 68.0 cm³/mol. The Morgan fingerprint density at radius 1 is 1.41 bits per heavy atom. The number of urea groups is 1. The van der Waals surface area contributed by atoms with E-state index in [0.29, 0.717) is 12.6 Å². The minimum absolute atomic E-state index is 0.0403. The molecule has 0 radical (unpaired) electrons. The van der Waals surface area contributed by atoms with Crippen molar-refractivity contribution in [2.75, 3.05) is 39.3 Å². The summed E-state index contributed by atoms with van der Waals surface area (Å²) in [7, 11) is 0. The quantitative estimate of drug-likeness (QED) is 0.652. The number of carbonyl (C=O) groups is 1. The van der Waals surface area contributed by atoms with Gasteiger partial charge in [-0.3, -0.25) is 4.90 Å². The molecule has 0 unspecified atom stereocenters. The van der Waals surface area contributed by atoms with Crippen LogP contribution in [0.25, 0.3) is 0 Å². The molecule has 1 aliphatic rings. The van der Waals surface area contributed by atoms with Gasteiger partial charge in [-0.1, -0.05) is 13.8 Å². The van der Waals surface area contributed by atoms with Gasteiger partial charge in [0.2, 0.25) is 0 Å². The molecule has 0 aliphatic carbocycles. The van der Waals surface area contributed by atoms with Gasteiger partial charge in [-0.15, -0.1) is 0 Å². The van der Waals surface area contributed by atoms with Gasteiger partial charge < -0.3 is 15.3 Å². The van der Waals surface area contributed by atoms with Crippen molar-refractivity contribution in [1.82, 2.24) is 15.1 Å². The first-order valence-corrected chi connectivity index (χ1v) is 6.60. The van der Waals surface area contributed by atoms with Crippen molar-refractivity contribution >= 4 is 6.03 Å². The molecule has 5 heteroatoms. The normalized spacial score (nSPS) is 16.1. The van der Waals surface area contributed by atoms with Crippen molar-refractivity contribution in [2.24, 2.45) is 0 Å². The Bertz CT molecular complexity index is 232. The fourth-order valence-electron chi connectivity index (χ4n) is 2.38. The Balaban J connectivity index is 2.40. The second kappa shape index (κ2) is 7.50. The lowest BCUT2D eigenvalue weighted by molar-refractivity contribution is 0.132. The Hall–Kier alpha value is -0.810. The van der Waals surface area contributed by atoms with E-state index in [0.717, 1.165) is 39.0 Å². The molecule has 1 fully saturated rings. The van der Waals surface area contributed by atoms with Crippen molar-refractivity contribution in [1.29, 1.82) is 0 Å². The lowest BCUT2D eigenvalue weighted by atomic mass is 10.1. The van der Waals surface area contributed by atoms with Crippen LogP contribution in [0.3, 0.4) is 0 Å². The van der Waals surface area contributed by atoms with Crippen LogP contribution in [0.2, 0.25) is 0 Å². The third-order valence-corrected chi connectivity index (χ3v) is 3.45. The second-order valence-corrected chi connectivity index (χ2v) is 4.45. The van der Waals surface area contributed by atoms with E-state index in [1.807, 2.05) is 4.90 Å². The maximum Gasteiger partial charge on any atom is 0.317 e. The van der Waals surface area contributed by atoms with Crippen LogP contribution in [0.1, 0.15) is 26.7 Å². The van der Waals surface area contributed by atoms with Crippen LogP contribution in [0.5, 0.6) is 0 Å². The van der Waals surface area contributed by atoms with Crippen LogP contribution in [0.15, 0.2) is 0 Å². The number of hydrogen-bond donors (Lipinski definition) is 2. The van der Waals surface area contributed by atoms with E-state index in [4.69, 9.17) is 5.11 Å². The molecule has 5 nitrogen and oxygen atoms in total. The minimum Gasteiger partial charge on any atom is -0.395 e. The first-order valence-electron chi connectivity index (χ1n) is 6.60. The summed E-state index contributed by atoms with van der Waals surface area (Å²) < 4.78 is 0. The van der Waals surface area contributed by atoms with Crippen molar-refractivity contribution in [3.8, 4) is 0 Å². The van der Waals surface area contributed by atoms with Crippen LogP contribution < -0.4 is 5.32 Å². The molecule has 0 atom stereocenters. The van der Waals surface area contributed by atoms with Gasteiger partial charge in [0, 0.05) is 38.8 Å². The lowest BCUT2D eigenvalue weighted by Crippen LogP contribution is -2.43. The third-order valence-electron chi connectivity index (χ3n) is 3.45. The van der Waals surface area contributed by atoms with E-state index >= 15 is 0 Å². The van der Waals surface area contributed by atoms with Gasteiger partial charge in [-0.25, -0.2) is 4.79 Å².